The zero-order chi connectivity index (χ0) is 20.7. The van der Waals surface area contributed by atoms with Crippen LogP contribution in [0.25, 0.3) is 5.65 Å². The number of nitrogens with zero attached hydrogens (tertiary/aromatic N) is 2. The molecule has 0 saturated heterocycles. The molecule has 0 saturated carbocycles. The third kappa shape index (κ3) is 3.25. The van der Waals surface area contributed by atoms with Gasteiger partial charge in [-0.3, -0.25) is 14.0 Å². The number of ketones is 2. The average Bonchev–Trinajstić information content (AvgIpc) is 3.02. The molecule has 8 heteroatoms. The topological polar surface area (TPSA) is 77.5 Å². The third-order valence-electron chi connectivity index (χ3n) is 4.42. The van der Waals surface area contributed by atoms with Crippen molar-refractivity contribution < 1.29 is 18.4 Å². The number of halogens is 3. The van der Waals surface area contributed by atoms with E-state index >= 15 is 0 Å². The number of aromatic nitrogens is 2. The smallest absolute Gasteiger partial charge is 0.213 e. The largest absolute Gasteiger partial charge is 0.382 e. The van der Waals surface area contributed by atoms with Gasteiger partial charge in [0.05, 0.1) is 5.56 Å². The molecule has 0 radical (unpaired) electrons. The molecule has 29 heavy (non-hydrogen) atoms. The third-order valence-corrected chi connectivity index (χ3v) is 4.67. The number of fused-ring (bicyclic) bond motifs is 1. The molecule has 2 heterocycles. The first-order chi connectivity index (χ1) is 13.9. The summed E-state index contributed by atoms with van der Waals surface area (Å²) in [6.07, 6.45) is 1.29. The van der Waals surface area contributed by atoms with E-state index in [0.29, 0.717) is 16.2 Å². The highest BCUT2D eigenvalue weighted by molar-refractivity contribution is 6.30. The molecule has 0 aliphatic rings. The minimum atomic E-state index is -0.974. The van der Waals surface area contributed by atoms with E-state index in [9.17, 15) is 18.4 Å². The molecule has 0 atom stereocenters. The summed E-state index contributed by atoms with van der Waals surface area (Å²) < 4.78 is 29.3. The second kappa shape index (κ2) is 7.10. The van der Waals surface area contributed by atoms with Crippen molar-refractivity contribution in [3.05, 3.63) is 99.8 Å². The van der Waals surface area contributed by atoms with Crippen LogP contribution in [-0.4, -0.2) is 21.0 Å². The van der Waals surface area contributed by atoms with Gasteiger partial charge in [-0.05, 0) is 48.5 Å². The Bertz CT molecular complexity index is 1260. The van der Waals surface area contributed by atoms with Crippen molar-refractivity contribution >= 4 is 34.6 Å². The number of anilines is 1. The van der Waals surface area contributed by atoms with Crippen molar-refractivity contribution in [2.75, 3.05) is 5.73 Å². The van der Waals surface area contributed by atoms with E-state index in [1.807, 2.05) is 0 Å². The maximum absolute atomic E-state index is 14.0. The molecule has 0 aliphatic heterocycles. The Kier molecular flexibility index (Phi) is 4.60. The second-order valence-electron chi connectivity index (χ2n) is 6.25. The van der Waals surface area contributed by atoms with Crippen LogP contribution < -0.4 is 5.73 Å². The fourth-order valence-electron chi connectivity index (χ4n) is 3.02. The Morgan fingerprint density at radius 3 is 2.17 bits per heavy atom. The molecule has 2 aromatic heterocycles. The SMILES string of the molecule is Nc1nc2ccc(C(=O)c3c(F)cccc3F)cn2c1C(=O)c1ccc(Cl)cc1. The maximum Gasteiger partial charge on any atom is 0.213 e. The van der Waals surface area contributed by atoms with Gasteiger partial charge < -0.3 is 5.73 Å². The van der Waals surface area contributed by atoms with Crippen LogP contribution in [0.5, 0.6) is 0 Å². The molecule has 0 unspecified atom stereocenters. The number of rotatable bonds is 4. The normalized spacial score (nSPS) is 11.0. The molecule has 4 aromatic rings. The number of nitrogens with two attached hydrogens (primary N) is 1. The Morgan fingerprint density at radius 2 is 1.52 bits per heavy atom. The summed E-state index contributed by atoms with van der Waals surface area (Å²) in [6, 6.07) is 12.2. The maximum atomic E-state index is 14.0. The molecule has 5 nitrogen and oxygen atoms in total. The number of carbonyl (C=O) groups excluding carboxylic acids is 2. The molecule has 2 aromatic carbocycles. The number of pyridine rings is 1. The predicted molar refractivity (Wildman–Crippen MR) is 104 cm³/mol. The number of hydrogen-bond donors (Lipinski definition) is 1. The van der Waals surface area contributed by atoms with E-state index in [4.69, 9.17) is 17.3 Å². The highest BCUT2D eigenvalue weighted by Gasteiger charge is 2.23. The quantitative estimate of drug-likeness (QED) is 0.507. The van der Waals surface area contributed by atoms with Crippen LogP contribution in [0.2, 0.25) is 5.02 Å². The molecule has 0 fully saturated rings. The van der Waals surface area contributed by atoms with Crippen molar-refractivity contribution in [1.29, 1.82) is 0 Å². The van der Waals surface area contributed by atoms with Crippen LogP contribution in [0.3, 0.4) is 0 Å². The lowest BCUT2D eigenvalue weighted by atomic mass is 10.0. The molecular formula is C21H12ClF2N3O2. The summed E-state index contributed by atoms with van der Waals surface area (Å²) in [5.74, 6) is -3.28. The van der Waals surface area contributed by atoms with Crippen LogP contribution in [0.1, 0.15) is 32.0 Å². The van der Waals surface area contributed by atoms with Crippen LogP contribution in [-0.2, 0) is 0 Å². The Morgan fingerprint density at radius 1 is 0.897 bits per heavy atom. The van der Waals surface area contributed by atoms with Gasteiger partial charge in [-0.25, -0.2) is 13.8 Å². The first kappa shape index (κ1) is 18.8. The lowest BCUT2D eigenvalue weighted by molar-refractivity contribution is 0.102. The van der Waals surface area contributed by atoms with E-state index in [1.165, 1.54) is 40.9 Å². The van der Waals surface area contributed by atoms with Crippen molar-refractivity contribution in [1.82, 2.24) is 9.38 Å². The molecule has 0 bridgehead atoms. The summed E-state index contributed by atoms with van der Waals surface area (Å²) in [5, 5.41) is 0.465. The van der Waals surface area contributed by atoms with Crippen molar-refractivity contribution in [2.24, 2.45) is 0 Å². The van der Waals surface area contributed by atoms with Gasteiger partial charge in [0, 0.05) is 22.3 Å². The Labute approximate surface area is 168 Å². The van der Waals surface area contributed by atoms with Gasteiger partial charge in [0.15, 0.2) is 11.6 Å². The predicted octanol–water partition coefficient (Wildman–Crippen LogP) is 4.31. The standard InChI is InChI=1S/C21H12ClF2N3O2/c22-13-7-4-11(5-8-13)20(29)18-21(25)26-16-9-6-12(10-27(16)18)19(28)17-14(23)2-1-3-15(17)24/h1-10H,25H2. The summed E-state index contributed by atoms with van der Waals surface area (Å²) >= 11 is 5.85. The summed E-state index contributed by atoms with van der Waals surface area (Å²) in [6.45, 7) is 0. The van der Waals surface area contributed by atoms with E-state index < -0.39 is 28.8 Å². The van der Waals surface area contributed by atoms with Gasteiger partial charge in [-0.2, -0.15) is 0 Å². The van der Waals surface area contributed by atoms with Gasteiger partial charge in [0.25, 0.3) is 0 Å². The van der Waals surface area contributed by atoms with Gasteiger partial charge in [0.1, 0.15) is 23.0 Å². The zero-order valence-electron chi connectivity index (χ0n) is 14.7. The Hall–Kier alpha value is -3.58. The Balaban J connectivity index is 1.84. The van der Waals surface area contributed by atoms with Gasteiger partial charge >= 0.3 is 0 Å². The first-order valence-electron chi connectivity index (χ1n) is 8.43. The van der Waals surface area contributed by atoms with Crippen LogP contribution in [0.15, 0.2) is 60.8 Å². The van der Waals surface area contributed by atoms with Crippen LogP contribution >= 0.6 is 11.6 Å². The zero-order valence-corrected chi connectivity index (χ0v) is 15.5. The minimum Gasteiger partial charge on any atom is -0.382 e. The average molecular weight is 412 g/mol. The lowest BCUT2D eigenvalue weighted by Crippen LogP contribution is -2.11. The van der Waals surface area contributed by atoms with E-state index in [-0.39, 0.29) is 17.1 Å². The van der Waals surface area contributed by atoms with Gasteiger partial charge in [-0.15, -0.1) is 0 Å². The van der Waals surface area contributed by atoms with Crippen molar-refractivity contribution in [3.8, 4) is 0 Å². The van der Waals surface area contributed by atoms with E-state index in [1.54, 1.807) is 12.1 Å². The number of hydrogen-bond acceptors (Lipinski definition) is 4. The molecule has 2 N–H and O–H groups in total. The van der Waals surface area contributed by atoms with Crippen LogP contribution in [0, 0.1) is 11.6 Å². The molecule has 4 rings (SSSR count). The fraction of sp³-hybridized carbons (Fsp3) is 0. The van der Waals surface area contributed by atoms with Gasteiger partial charge in [0.2, 0.25) is 5.78 Å². The number of benzene rings is 2. The van der Waals surface area contributed by atoms with Crippen molar-refractivity contribution in [3.63, 3.8) is 0 Å². The van der Waals surface area contributed by atoms with Crippen LogP contribution in [0.4, 0.5) is 14.6 Å². The highest BCUT2D eigenvalue weighted by Crippen LogP contribution is 2.23. The molecule has 0 aliphatic carbocycles. The van der Waals surface area contributed by atoms with Crippen molar-refractivity contribution in [2.45, 2.75) is 0 Å². The minimum absolute atomic E-state index is 0.0240. The number of carbonyl (C=O) groups is 2. The summed E-state index contributed by atoms with van der Waals surface area (Å²) in [4.78, 5) is 29.7. The second-order valence-corrected chi connectivity index (χ2v) is 6.69. The number of nitrogen functional groups attached to an aromatic ring is 1. The lowest BCUT2D eigenvalue weighted by Gasteiger charge is -2.07. The fourth-order valence-corrected chi connectivity index (χ4v) is 3.15. The monoisotopic (exact) mass is 411 g/mol. The summed E-state index contributed by atoms with van der Waals surface area (Å²) in [5.41, 5.74) is 5.89. The van der Waals surface area contributed by atoms with E-state index in [0.717, 1.165) is 12.1 Å². The molecule has 144 valence electrons. The molecular weight excluding hydrogens is 400 g/mol. The van der Waals surface area contributed by atoms with Gasteiger partial charge in [-0.1, -0.05) is 17.7 Å². The first-order valence-corrected chi connectivity index (χ1v) is 8.81. The highest BCUT2D eigenvalue weighted by atomic mass is 35.5. The molecule has 0 spiro atoms. The van der Waals surface area contributed by atoms with E-state index in [2.05, 4.69) is 4.98 Å². The molecule has 0 amide bonds. The summed E-state index contributed by atoms with van der Waals surface area (Å²) in [7, 11) is 0. The number of imidazole rings is 1.